The van der Waals surface area contributed by atoms with Crippen molar-refractivity contribution in [3.8, 4) is 0 Å². The Kier molecular flexibility index (Phi) is 14.3. The van der Waals surface area contributed by atoms with Crippen LogP contribution in [0.1, 0.15) is 106 Å². The molecule has 0 heterocycles. The molecule has 0 aliphatic rings. The largest absolute Gasteiger partial charge is 0.465 e. The van der Waals surface area contributed by atoms with Gasteiger partial charge in [0, 0.05) is 0 Å². The van der Waals surface area contributed by atoms with Gasteiger partial charge in [-0.2, -0.15) is 0 Å². The minimum absolute atomic E-state index is 0.289. The third-order valence-electron chi connectivity index (χ3n) is 5.69. The first-order valence-corrected chi connectivity index (χ1v) is 11.3. The van der Waals surface area contributed by atoms with E-state index >= 15 is 0 Å². The quantitative estimate of drug-likeness (QED) is 0.231. The summed E-state index contributed by atoms with van der Waals surface area (Å²) in [5.74, 6) is -0.0911. The smallest absolute Gasteiger partial charge is 0.323 e. The highest BCUT2D eigenvalue weighted by atomic mass is 16.6. The van der Waals surface area contributed by atoms with Crippen LogP contribution in [0, 0.1) is 17.3 Å². The lowest BCUT2D eigenvalue weighted by molar-refractivity contribution is -0.175. The third kappa shape index (κ3) is 8.66. The molecule has 0 aromatic heterocycles. The number of hydrogen-bond acceptors (Lipinski definition) is 4. The van der Waals surface area contributed by atoms with Gasteiger partial charge < -0.3 is 9.47 Å². The second kappa shape index (κ2) is 14.9. The molecule has 0 amide bonds. The van der Waals surface area contributed by atoms with Crippen LogP contribution >= 0.6 is 0 Å². The van der Waals surface area contributed by atoms with E-state index in [1.54, 1.807) is 13.8 Å². The lowest BCUT2D eigenvalue weighted by Crippen LogP contribution is -2.45. The van der Waals surface area contributed by atoms with Crippen LogP contribution in [0.2, 0.25) is 0 Å². The van der Waals surface area contributed by atoms with Crippen LogP contribution in [-0.2, 0) is 19.1 Å². The van der Waals surface area contributed by atoms with Crippen molar-refractivity contribution in [3.05, 3.63) is 0 Å². The normalized spacial score (nSPS) is 13.9. The van der Waals surface area contributed by atoms with Gasteiger partial charge in [-0.3, -0.25) is 9.59 Å². The summed E-state index contributed by atoms with van der Waals surface area (Å²) < 4.78 is 10.9. The molecular formula is C23H44O4. The number of hydrogen-bond donors (Lipinski definition) is 0. The number of rotatable bonds is 16. The van der Waals surface area contributed by atoms with Gasteiger partial charge in [-0.05, 0) is 38.5 Å². The molecule has 2 atom stereocenters. The summed E-state index contributed by atoms with van der Waals surface area (Å²) in [5, 5.41) is 0. The molecule has 0 radical (unpaired) electrons. The molecule has 0 fully saturated rings. The maximum Gasteiger partial charge on any atom is 0.323 e. The first-order valence-electron chi connectivity index (χ1n) is 11.3. The predicted octanol–water partition coefficient (Wildman–Crippen LogP) is 6.31. The molecule has 0 rings (SSSR count). The summed E-state index contributed by atoms with van der Waals surface area (Å²) in [4.78, 5) is 26.2. The summed E-state index contributed by atoms with van der Waals surface area (Å²) in [5.41, 5.74) is -1.16. The molecule has 0 aliphatic heterocycles. The topological polar surface area (TPSA) is 52.6 Å². The number of carbonyl (C=O) groups is 2. The number of carbonyl (C=O) groups excluding carboxylic acids is 2. The van der Waals surface area contributed by atoms with Crippen molar-refractivity contribution in [2.45, 2.75) is 106 Å². The Balaban J connectivity index is 5.82. The van der Waals surface area contributed by atoms with Crippen LogP contribution in [0.15, 0.2) is 0 Å². The van der Waals surface area contributed by atoms with Gasteiger partial charge in [-0.1, -0.05) is 79.1 Å². The molecule has 0 saturated carbocycles. The average molecular weight is 385 g/mol. The molecule has 0 N–H and O–H groups in total. The molecule has 0 aromatic rings. The van der Waals surface area contributed by atoms with E-state index in [2.05, 4.69) is 27.7 Å². The second-order valence-corrected chi connectivity index (χ2v) is 7.76. The molecule has 0 bridgehead atoms. The number of ether oxygens (including phenoxy) is 2. The van der Waals surface area contributed by atoms with E-state index in [4.69, 9.17) is 9.47 Å². The monoisotopic (exact) mass is 384 g/mol. The van der Waals surface area contributed by atoms with Gasteiger partial charge >= 0.3 is 11.9 Å². The van der Waals surface area contributed by atoms with Crippen molar-refractivity contribution in [1.29, 1.82) is 0 Å². The van der Waals surface area contributed by atoms with Crippen LogP contribution in [-0.4, -0.2) is 25.2 Å². The first kappa shape index (κ1) is 25.9. The van der Waals surface area contributed by atoms with Gasteiger partial charge in [0.15, 0.2) is 5.41 Å². The minimum Gasteiger partial charge on any atom is -0.465 e. The standard InChI is InChI=1S/C23H44O4/c1-7-13-15-19(9-3)17-23(21(24)26-11-5,22(25)27-12-6)18-20(10-4)16-14-8-2/h19-20H,7-18H2,1-6H3. The van der Waals surface area contributed by atoms with E-state index in [0.29, 0.717) is 24.7 Å². The van der Waals surface area contributed by atoms with Gasteiger partial charge in [-0.15, -0.1) is 0 Å². The van der Waals surface area contributed by atoms with Crippen LogP contribution in [0.5, 0.6) is 0 Å². The fraction of sp³-hybridized carbons (Fsp3) is 0.913. The number of unbranched alkanes of at least 4 members (excludes halogenated alkanes) is 2. The highest BCUT2D eigenvalue weighted by Crippen LogP contribution is 2.41. The van der Waals surface area contributed by atoms with Crippen LogP contribution in [0.4, 0.5) is 0 Å². The Bertz CT molecular complexity index is 367. The Morgan fingerprint density at radius 1 is 0.704 bits per heavy atom. The van der Waals surface area contributed by atoms with E-state index in [9.17, 15) is 9.59 Å². The van der Waals surface area contributed by atoms with E-state index in [-0.39, 0.29) is 25.2 Å². The van der Waals surface area contributed by atoms with Crippen LogP contribution in [0.3, 0.4) is 0 Å². The fourth-order valence-corrected chi connectivity index (χ4v) is 3.91. The molecule has 0 saturated heterocycles. The average Bonchev–Trinajstić information content (AvgIpc) is 2.67. The highest BCUT2D eigenvalue weighted by Gasteiger charge is 2.50. The molecular weight excluding hydrogens is 340 g/mol. The maximum absolute atomic E-state index is 13.1. The fourth-order valence-electron chi connectivity index (χ4n) is 3.91. The van der Waals surface area contributed by atoms with Crippen molar-refractivity contribution >= 4 is 11.9 Å². The van der Waals surface area contributed by atoms with E-state index in [1.165, 1.54) is 0 Å². The third-order valence-corrected chi connectivity index (χ3v) is 5.69. The van der Waals surface area contributed by atoms with Gasteiger partial charge in [0.1, 0.15) is 0 Å². The molecule has 2 unspecified atom stereocenters. The summed E-state index contributed by atoms with van der Waals surface area (Å²) in [6.07, 6.45) is 9.58. The molecule has 0 aliphatic carbocycles. The van der Waals surface area contributed by atoms with E-state index < -0.39 is 5.41 Å². The summed E-state index contributed by atoms with van der Waals surface area (Å²) in [6, 6.07) is 0. The zero-order valence-corrected chi connectivity index (χ0v) is 18.8. The molecule has 4 heteroatoms. The van der Waals surface area contributed by atoms with Gasteiger partial charge in [0.25, 0.3) is 0 Å². The van der Waals surface area contributed by atoms with Crippen molar-refractivity contribution in [3.63, 3.8) is 0 Å². The maximum atomic E-state index is 13.1. The van der Waals surface area contributed by atoms with Gasteiger partial charge in [0.2, 0.25) is 0 Å². The van der Waals surface area contributed by atoms with Crippen molar-refractivity contribution < 1.29 is 19.1 Å². The first-order chi connectivity index (χ1) is 12.9. The SMILES string of the molecule is CCCCC(CC)CC(CC(CC)CCCC)(C(=O)OCC)C(=O)OCC. The second-order valence-electron chi connectivity index (χ2n) is 7.76. The van der Waals surface area contributed by atoms with Crippen molar-refractivity contribution in [2.75, 3.05) is 13.2 Å². The van der Waals surface area contributed by atoms with Crippen LogP contribution < -0.4 is 0 Å². The zero-order valence-electron chi connectivity index (χ0n) is 18.8. The Hall–Kier alpha value is -1.06. The Morgan fingerprint density at radius 3 is 1.33 bits per heavy atom. The van der Waals surface area contributed by atoms with E-state index in [0.717, 1.165) is 51.4 Å². The Morgan fingerprint density at radius 2 is 1.07 bits per heavy atom. The lowest BCUT2D eigenvalue weighted by Gasteiger charge is -2.35. The summed E-state index contributed by atoms with van der Waals surface area (Å²) in [6.45, 7) is 12.8. The highest BCUT2D eigenvalue weighted by molar-refractivity contribution is 6.00. The molecule has 27 heavy (non-hydrogen) atoms. The van der Waals surface area contributed by atoms with Crippen molar-refractivity contribution in [2.24, 2.45) is 17.3 Å². The van der Waals surface area contributed by atoms with Gasteiger partial charge in [-0.25, -0.2) is 0 Å². The molecule has 4 nitrogen and oxygen atoms in total. The Labute approximate surface area is 167 Å². The van der Waals surface area contributed by atoms with E-state index in [1.807, 2.05) is 0 Å². The molecule has 0 spiro atoms. The van der Waals surface area contributed by atoms with Crippen LogP contribution in [0.25, 0.3) is 0 Å². The molecule has 160 valence electrons. The minimum atomic E-state index is -1.16. The zero-order chi connectivity index (χ0) is 20.7. The van der Waals surface area contributed by atoms with Gasteiger partial charge in [0.05, 0.1) is 13.2 Å². The number of esters is 2. The summed E-state index contributed by atoms with van der Waals surface area (Å²) >= 11 is 0. The summed E-state index contributed by atoms with van der Waals surface area (Å²) in [7, 11) is 0. The predicted molar refractivity (Wildman–Crippen MR) is 112 cm³/mol. The lowest BCUT2D eigenvalue weighted by atomic mass is 9.70. The van der Waals surface area contributed by atoms with Crippen molar-refractivity contribution in [1.82, 2.24) is 0 Å². The molecule has 0 aromatic carbocycles.